The van der Waals surface area contributed by atoms with Crippen molar-refractivity contribution in [1.82, 2.24) is 9.29 Å². The maximum atomic E-state index is 13.4. The molecular weight excluding hydrogens is 394 g/mol. The normalized spacial score (nSPS) is 20.3. The molecule has 0 aliphatic carbocycles. The SMILES string of the molecule is O=C1CCc2cc(S(=O)(=O)N3CCC[C@@H]3c3nc4ccccc4s3)ccc2N1. The Kier molecular flexibility index (Phi) is 4.22. The van der Waals surface area contributed by atoms with Gasteiger partial charge < -0.3 is 5.32 Å². The average molecular weight is 414 g/mol. The zero-order valence-electron chi connectivity index (χ0n) is 15.1. The lowest BCUT2D eigenvalue weighted by molar-refractivity contribution is -0.116. The second-order valence-corrected chi connectivity index (χ2v) is 10.1. The van der Waals surface area contributed by atoms with Crippen molar-refractivity contribution in [2.75, 3.05) is 11.9 Å². The molecule has 1 N–H and O–H groups in total. The van der Waals surface area contributed by atoms with Crippen LogP contribution in [0.4, 0.5) is 5.69 Å². The highest BCUT2D eigenvalue weighted by molar-refractivity contribution is 7.89. The van der Waals surface area contributed by atoms with Gasteiger partial charge in [-0.05, 0) is 55.2 Å². The summed E-state index contributed by atoms with van der Waals surface area (Å²) in [6, 6.07) is 12.7. The molecule has 1 atom stereocenters. The summed E-state index contributed by atoms with van der Waals surface area (Å²) < 4.78 is 29.5. The van der Waals surface area contributed by atoms with E-state index in [1.54, 1.807) is 33.8 Å². The van der Waals surface area contributed by atoms with Gasteiger partial charge in [0.1, 0.15) is 5.01 Å². The first-order valence-electron chi connectivity index (χ1n) is 9.32. The number of aryl methyl sites for hydroxylation is 1. The van der Waals surface area contributed by atoms with E-state index >= 15 is 0 Å². The average Bonchev–Trinajstić information content (AvgIpc) is 3.34. The number of thiazole rings is 1. The Labute approximate surface area is 167 Å². The third kappa shape index (κ3) is 2.92. The first-order chi connectivity index (χ1) is 13.5. The molecule has 28 heavy (non-hydrogen) atoms. The number of anilines is 1. The van der Waals surface area contributed by atoms with Crippen LogP contribution in [-0.2, 0) is 21.2 Å². The van der Waals surface area contributed by atoms with Gasteiger partial charge in [-0.25, -0.2) is 13.4 Å². The fourth-order valence-electron chi connectivity index (χ4n) is 3.96. The number of aromatic nitrogens is 1. The Morgan fingerprint density at radius 1 is 1.14 bits per heavy atom. The predicted molar refractivity (Wildman–Crippen MR) is 109 cm³/mol. The number of para-hydroxylation sites is 1. The van der Waals surface area contributed by atoms with Crippen LogP contribution in [0.25, 0.3) is 10.2 Å². The minimum atomic E-state index is -3.63. The zero-order valence-corrected chi connectivity index (χ0v) is 16.7. The van der Waals surface area contributed by atoms with Gasteiger partial charge in [0.05, 0.1) is 21.2 Å². The lowest BCUT2D eigenvalue weighted by Gasteiger charge is -2.24. The standard InChI is InChI=1S/C20H19N3O3S2/c24-19-10-7-13-12-14(8-9-15(13)21-19)28(25,26)23-11-3-5-17(23)20-22-16-4-1-2-6-18(16)27-20/h1-2,4,6,8-9,12,17H,3,5,7,10-11H2,(H,21,24)/t17-/m1/s1. The number of fused-ring (bicyclic) bond motifs is 2. The summed E-state index contributed by atoms with van der Waals surface area (Å²) in [6.07, 6.45) is 2.54. The molecule has 2 aromatic carbocycles. The number of nitrogens with zero attached hydrogens (tertiary/aromatic N) is 2. The third-order valence-corrected chi connectivity index (χ3v) is 8.42. The number of hydrogen-bond donors (Lipinski definition) is 1. The Balaban J connectivity index is 1.50. The molecule has 2 aliphatic rings. The van der Waals surface area contributed by atoms with Gasteiger partial charge in [0, 0.05) is 18.7 Å². The van der Waals surface area contributed by atoms with Gasteiger partial charge in [0.15, 0.2) is 0 Å². The topological polar surface area (TPSA) is 79.4 Å². The molecule has 0 spiro atoms. The molecule has 0 saturated carbocycles. The number of nitrogens with one attached hydrogen (secondary N) is 1. The molecule has 2 aliphatic heterocycles. The quantitative estimate of drug-likeness (QED) is 0.710. The van der Waals surface area contributed by atoms with Gasteiger partial charge in [-0.3, -0.25) is 4.79 Å². The highest BCUT2D eigenvalue weighted by Gasteiger charge is 2.38. The van der Waals surface area contributed by atoms with Crippen LogP contribution in [0.2, 0.25) is 0 Å². The molecule has 6 nitrogen and oxygen atoms in total. The summed E-state index contributed by atoms with van der Waals surface area (Å²) in [5, 5.41) is 3.66. The van der Waals surface area contributed by atoms with Gasteiger partial charge in [-0.1, -0.05) is 12.1 Å². The van der Waals surface area contributed by atoms with Crippen molar-refractivity contribution in [3.63, 3.8) is 0 Å². The van der Waals surface area contributed by atoms with E-state index in [9.17, 15) is 13.2 Å². The van der Waals surface area contributed by atoms with Gasteiger partial charge in [0.2, 0.25) is 15.9 Å². The molecular formula is C20H19N3O3S2. The van der Waals surface area contributed by atoms with E-state index in [1.165, 1.54) is 0 Å². The number of hydrogen-bond acceptors (Lipinski definition) is 5. The first-order valence-corrected chi connectivity index (χ1v) is 11.6. The second kappa shape index (κ2) is 6.65. The number of amides is 1. The number of sulfonamides is 1. The molecule has 144 valence electrons. The Morgan fingerprint density at radius 2 is 2.00 bits per heavy atom. The summed E-state index contributed by atoms with van der Waals surface area (Å²) in [5.41, 5.74) is 2.49. The van der Waals surface area contributed by atoms with E-state index in [1.807, 2.05) is 24.3 Å². The van der Waals surface area contributed by atoms with E-state index in [2.05, 4.69) is 5.32 Å². The van der Waals surface area contributed by atoms with Crippen LogP contribution >= 0.6 is 11.3 Å². The third-order valence-electron chi connectivity index (χ3n) is 5.38. The molecule has 8 heteroatoms. The van der Waals surface area contributed by atoms with Crippen LogP contribution in [-0.4, -0.2) is 30.2 Å². The minimum absolute atomic E-state index is 0.0291. The predicted octanol–water partition coefficient (Wildman–Crippen LogP) is 3.71. The molecule has 1 saturated heterocycles. The van der Waals surface area contributed by atoms with Crippen molar-refractivity contribution in [3.05, 3.63) is 53.0 Å². The second-order valence-electron chi connectivity index (χ2n) is 7.16. The van der Waals surface area contributed by atoms with Crippen LogP contribution in [0, 0.1) is 0 Å². The number of carbonyl (C=O) groups excluding carboxylic acids is 1. The number of benzene rings is 2. The summed E-state index contributed by atoms with van der Waals surface area (Å²) in [5.74, 6) is -0.0291. The van der Waals surface area contributed by atoms with Gasteiger partial charge in [0.25, 0.3) is 0 Å². The van der Waals surface area contributed by atoms with E-state index in [0.717, 1.165) is 33.6 Å². The highest BCUT2D eigenvalue weighted by Crippen LogP contribution is 2.40. The van der Waals surface area contributed by atoms with Crippen molar-refractivity contribution in [2.24, 2.45) is 0 Å². The van der Waals surface area contributed by atoms with E-state index < -0.39 is 10.0 Å². The molecule has 3 aromatic rings. The summed E-state index contributed by atoms with van der Waals surface area (Å²) in [6.45, 7) is 0.497. The number of carbonyl (C=O) groups is 1. The zero-order chi connectivity index (χ0) is 19.3. The lowest BCUT2D eigenvalue weighted by atomic mass is 10.0. The summed E-state index contributed by atoms with van der Waals surface area (Å²) >= 11 is 1.57. The Morgan fingerprint density at radius 3 is 2.86 bits per heavy atom. The van der Waals surface area contributed by atoms with Crippen LogP contribution in [0.15, 0.2) is 47.4 Å². The van der Waals surface area contributed by atoms with Crippen LogP contribution in [0.1, 0.15) is 35.9 Å². The van der Waals surface area contributed by atoms with Crippen molar-refractivity contribution < 1.29 is 13.2 Å². The van der Waals surface area contributed by atoms with Crippen LogP contribution < -0.4 is 5.32 Å². The maximum Gasteiger partial charge on any atom is 0.243 e. The minimum Gasteiger partial charge on any atom is -0.326 e. The van der Waals surface area contributed by atoms with Crippen molar-refractivity contribution >= 4 is 43.2 Å². The Bertz CT molecular complexity index is 1150. The van der Waals surface area contributed by atoms with E-state index in [-0.39, 0.29) is 16.8 Å². The van der Waals surface area contributed by atoms with Crippen molar-refractivity contribution in [2.45, 2.75) is 36.6 Å². The summed E-state index contributed by atoms with van der Waals surface area (Å²) in [7, 11) is -3.63. The Hall–Kier alpha value is -2.29. The largest absolute Gasteiger partial charge is 0.326 e. The maximum absolute atomic E-state index is 13.4. The highest BCUT2D eigenvalue weighted by atomic mass is 32.2. The molecule has 3 heterocycles. The number of rotatable bonds is 3. The molecule has 5 rings (SSSR count). The fraction of sp³-hybridized carbons (Fsp3) is 0.300. The van der Waals surface area contributed by atoms with E-state index in [0.29, 0.717) is 25.1 Å². The molecule has 0 radical (unpaired) electrons. The van der Waals surface area contributed by atoms with Crippen LogP contribution in [0.5, 0.6) is 0 Å². The molecule has 1 amide bonds. The van der Waals surface area contributed by atoms with Crippen molar-refractivity contribution in [3.8, 4) is 0 Å². The first kappa shape index (κ1) is 17.8. The lowest BCUT2D eigenvalue weighted by Crippen LogP contribution is -2.31. The van der Waals surface area contributed by atoms with Gasteiger partial charge in [-0.2, -0.15) is 4.31 Å². The van der Waals surface area contributed by atoms with Gasteiger partial charge in [-0.15, -0.1) is 11.3 Å². The van der Waals surface area contributed by atoms with Crippen LogP contribution in [0.3, 0.4) is 0 Å². The smallest absolute Gasteiger partial charge is 0.243 e. The molecule has 1 fully saturated rings. The van der Waals surface area contributed by atoms with Crippen molar-refractivity contribution in [1.29, 1.82) is 0 Å². The molecule has 0 bridgehead atoms. The molecule has 1 aromatic heterocycles. The summed E-state index contributed by atoms with van der Waals surface area (Å²) in [4.78, 5) is 16.5. The fourth-order valence-corrected chi connectivity index (χ4v) is 6.86. The van der Waals surface area contributed by atoms with Gasteiger partial charge >= 0.3 is 0 Å². The molecule has 0 unspecified atom stereocenters. The van der Waals surface area contributed by atoms with E-state index in [4.69, 9.17) is 4.98 Å². The monoisotopic (exact) mass is 413 g/mol.